The molecule has 136 valence electrons. The van der Waals surface area contributed by atoms with Crippen LogP contribution in [0.5, 0.6) is 0 Å². The van der Waals surface area contributed by atoms with Crippen molar-refractivity contribution in [3.63, 3.8) is 0 Å². The maximum absolute atomic E-state index is 11.9. The van der Waals surface area contributed by atoms with E-state index in [9.17, 15) is 28.8 Å². The first-order valence-corrected chi connectivity index (χ1v) is 7.94. The molecule has 0 aromatic heterocycles. The van der Waals surface area contributed by atoms with E-state index in [-0.39, 0.29) is 38.5 Å². The third kappa shape index (κ3) is 4.20. The highest BCUT2D eigenvalue weighted by Crippen LogP contribution is 2.36. The van der Waals surface area contributed by atoms with Crippen molar-refractivity contribution >= 4 is 36.1 Å². The van der Waals surface area contributed by atoms with Crippen LogP contribution in [0.25, 0.3) is 0 Å². The zero-order valence-corrected chi connectivity index (χ0v) is 13.6. The van der Waals surface area contributed by atoms with Crippen LogP contribution in [-0.2, 0) is 38.4 Å². The van der Waals surface area contributed by atoms with Crippen molar-refractivity contribution in [1.29, 1.82) is 0 Å². The molecule has 10 heteroatoms. The first-order chi connectivity index (χ1) is 11.9. The molecule has 0 radical (unpaired) electrons. The Bertz CT molecular complexity index is 595. The van der Waals surface area contributed by atoms with Gasteiger partial charge in [0.05, 0.1) is 11.8 Å². The van der Waals surface area contributed by atoms with Gasteiger partial charge in [-0.05, 0) is 19.3 Å². The van der Waals surface area contributed by atoms with Crippen LogP contribution in [0.3, 0.4) is 0 Å². The Balaban J connectivity index is 1.79. The second kappa shape index (κ2) is 7.86. The molecule has 10 nitrogen and oxygen atoms in total. The average Bonchev–Trinajstić information content (AvgIpc) is 2.83. The van der Waals surface area contributed by atoms with E-state index in [2.05, 4.69) is 0 Å². The van der Waals surface area contributed by atoms with Gasteiger partial charge in [0.15, 0.2) is 0 Å². The minimum absolute atomic E-state index is 0.000943. The predicted octanol–water partition coefficient (Wildman–Crippen LogP) is -0.137. The average molecular weight is 354 g/mol. The topological polar surface area (TPSA) is 127 Å². The molecule has 0 atom stereocenters. The molecule has 0 aromatic rings. The maximum atomic E-state index is 11.9. The zero-order chi connectivity index (χ0) is 18.6. The number of hydroxylamine groups is 4. The second-order valence-corrected chi connectivity index (χ2v) is 5.84. The number of amides is 4. The molecule has 0 N–H and O–H groups in total. The Kier molecular flexibility index (Phi) is 5.84. The van der Waals surface area contributed by atoms with Crippen molar-refractivity contribution in [1.82, 2.24) is 10.1 Å². The highest BCUT2D eigenvalue weighted by atomic mass is 16.7. The molecule has 4 amide bonds. The van der Waals surface area contributed by atoms with Crippen LogP contribution in [-0.4, -0.2) is 46.2 Å². The summed E-state index contributed by atoms with van der Waals surface area (Å²) < 4.78 is 0. The van der Waals surface area contributed by atoms with Gasteiger partial charge >= 0.3 is 11.9 Å². The zero-order valence-electron chi connectivity index (χ0n) is 13.6. The molecular weight excluding hydrogens is 336 g/mol. The lowest BCUT2D eigenvalue weighted by Crippen LogP contribution is -2.43. The molecule has 0 bridgehead atoms. The summed E-state index contributed by atoms with van der Waals surface area (Å²) in [5.41, 5.74) is 0. The van der Waals surface area contributed by atoms with Crippen molar-refractivity contribution in [3.8, 4) is 0 Å². The van der Waals surface area contributed by atoms with E-state index in [4.69, 9.17) is 9.68 Å². The summed E-state index contributed by atoms with van der Waals surface area (Å²) in [5, 5.41) is 0.796. The number of nitrogens with zero attached hydrogens (tertiary/aromatic N) is 2. The number of hydrogen-bond donors (Lipinski definition) is 0. The van der Waals surface area contributed by atoms with Gasteiger partial charge < -0.3 is 9.68 Å². The molecule has 1 aliphatic carbocycles. The fraction of sp³-hybridized carbons (Fsp3) is 0.600. The number of rotatable bonds is 6. The largest absolute Gasteiger partial charge is 0.336 e. The van der Waals surface area contributed by atoms with Gasteiger partial charge in [-0.15, -0.1) is 10.1 Å². The highest BCUT2D eigenvalue weighted by molar-refractivity contribution is 6.01. The van der Waals surface area contributed by atoms with Gasteiger partial charge in [-0.1, -0.05) is 6.92 Å². The third-order valence-corrected chi connectivity index (χ3v) is 3.99. The molecule has 0 aromatic carbocycles. The summed E-state index contributed by atoms with van der Waals surface area (Å²) in [4.78, 5) is 78.3. The monoisotopic (exact) mass is 354 g/mol. The van der Waals surface area contributed by atoms with Gasteiger partial charge in [0.25, 0.3) is 24.1 Å². The lowest BCUT2D eigenvalue weighted by Gasteiger charge is -2.32. The number of hydrogen-bond acceptors (Lipinski definition) is 8. The lowest BCUT2D eigenvalue weighted by molar-refractivity contribution is -0.209. The molecule has 1 saturated carbocycles. The van der Waals surface area contributed by atoms with E-state index in [1.807, 2.05) is 0 Å². The molecule has 2 rings (SSSR count). The Morgan fingerprint density at radius 2 is 1.68 bits per heavy atom. The SMILES string of the molecule is CCCC(=O)N(C=O)OC(=O)C1CC(C(=O)ON2C(=O)CCC2=O)C1. The van der Waals surface area contributed by atoms with Crippen LogP contribution in [0.4, 0.5) is 0 Å². The van der Waals surface area contributed by atoms with Gasteiger partial charge in [0, 0.05) is 19.3 Å². The lowest BCUT2D eigenvalue weighted by atomic mass is 9.75. The molecule has 2 aliphatic rings. The van der Waals surface area contributed by atoms with Gasteiger partial charge in [0.2, 0.25) is 0 Å². The standard InChI is InChI=1S/C15H18N2O8/c1-2-3-11(19)16(8-18)24-14(22)9-6-10(7-9)15(23)25-17-12(20)4-5-13(17)21/h8-10H,2-7H2,1H3. The van der Waals surface area contributed by atoms with E-state index in [0.717, 1.165) is 0 Å². The van der Waals surface area contributed by atoms with Crippen LogP contribution >= 0.6 is 0 Å². The molecule has 25 heavy (non-hydrogen) atoms. The van der Waals surface area contributed by atoms with Crippen molar-refractivity contribution in [3.05, 3.63) is 0 Å². The second-order valence-electron chi connectivity index (χ2n) is 5.84. The number of carbonyl (C=O) groups excluding carboxylic acids is 6. The van der Waals surface area contributed by atoms with Crippen LogP contribution < -0.4 is 0 Å². The Labute approximate surface area is 142 Å². The van der Waals surface area contributed by atoms with E-state index in [1.54, 1.807) is 6.92 Å². The molecule has 1 aliphatic heterocycles. The van der Waals surface area contributed by atoms with E-state index < -0.39 is 41.5 Å². The molecule has 1 saturated heterocycles. The summed E-state index contributed by atoms with van der Waals surface area (Å²) in [6.07, 6.45) is 0.837. The number of carbonyl (C=O) groups is 6. The summed E-state index contributed by atoms with van der Waals surface area (Å²) in [7, 11) is 0. The van der Waals surface area contributed by atoms with Gasteiger partial charge in [-0.3, -0.25) is 19.2 Å². The summed E-state index contributed by atoms with van der Waals surface area (Å²) in [6, 6.07) is 0. The molecule has 2 fully saturated rings. The fourth-order valence-corrected chi connectivity index (χ4v) is 2.45. The smallest absolute Gasteiger partial charge is 0.330 e. The molecule has 1 heterocycles. The Morgan fingerprint density at radius 3 is 2.20 bits per heavy atom. The highest BCUT2D eigenvalue weighted by Gasteiger charge is 2.44. The van der Waals surface area contributed by atoms with Crippen molar-refractivity contribution in [2.24, 2.45) is 11.8 Å². The van der Waals surface area contributed by atoms with Gasteiger partial charge in [-0.25, -0.2) is 9.59 Å². The van der Waals surface area contributed by atoms with Gasteiger partial charge in [0.1, 0.15) is 0 Å². The predicted molar refractivity (Wildman–Crippen MR) is 77.3 cm³/mol. The van der Waals surface area contributed by atoms with Crippen LogP contribution in [0.2, 0.25) is 0 Å². The Hall–Kier alpha value is -2.78. The molecule has 0 spiro atoms. The maximum Gasteiger partial charge on any atom is 0.336 e. The molecule has 0 unspecified atom stereocenters. The summed E-state index contributed by atoms with van der Waals surface area (Å²) in [5.74, 6) is -4.69. The summed E-state index contributed by atoms with van der Waals surface area (Å²) >= 11 is 0. The van der Waals surface area contributed by atoms with Gasteiger partial charge in [-0.2, -0.15) is 0 Å². The van der Waals surface area contributed by atoms with Crippen molar-refractivity contribution in [2.75, 3.05) is 0 Å². The third-order valence-electron chi connectivity index (χ3n) is 3.99. The van der Waals surface area contributed by atoms with Crippen LogP contribution in [0.1, 0.15) is 45.4 Å². The fourth-order valence-electron chi connectivity index (χ4n) is 2.45. The summed E-state index contributed by atoms with van der Waals surface area (Å²) in [6.45, 7) is 1.74. The first kappa shape index (κ1) is 18.6. The van der Waals surface area contributed by atoms with E-state index in [1.165, 1.54) is 0 Å². The Morgan fingerprint density at radius 1 is 1.12 bits per heavy atom. The minimum atomic E-state index is -0.797. The van der Waals surface area contributed by atoms with Crippen molar-refractivity contribution in [2.45, 2.75) is 45.4 Å². The first-order valence-electron chi connectivity index (χ1n) is 7.94. The molecular formula is C15H18N2O8. The minimum Gasteiger partial charge on any atom is -0.330 e. The van der Waals surface area contributed by atoms with E-state index >= 15 is 0 Å². The quantitative estimate of drug-likeness (QED) is 0.366. The van der Waals surface area contributed by atoms with Crippen LogP contribution in [0.15, 0.2) is 0 Å². The van der Waals surface area contributed by atoms with Crippen LogP contribution in [0, 0.1) is 11.8 Å². The normalized spacial score (nSPS) is 22.2. The van der Waals surface area contributed by atoms with Crippen molar-refractivity contribution < 1.29 is 38.4 Å². The van der Waals surface area contributed by atoms with E-state index in [0.29, 0.717) is 16.5 Å². The number of imide groups is 2.